The van der Waals surface area contributed by atoms with E-state index in [4.69, 9.17) is 11.6 Å². The van der Waals surface area contributed by atoms with Gasteiger partial charge in [-0.15, -0.1) is 11.6 Å². The molecule has 15 heavy (non-hydrogen) atoms. The molecule has 0 aromatic heterocycles. The van der Waals surface area contributed by atoms with Crippen molar-refractivity contribution in [1.82, 2.24) is 5.32 Å². The second kappa shape index (κ2) is 5.73. The van der Waals surface area contributed by atoms with Gasteiger partial charge in [0, 0.05) is 0 Å². The lowest BCUT2D eigenvalue weighted by molar-refractivity contribution is -0.120. The lowest BCUT2D eigenvalue weighted by Crippen LogP contribution is -2.37. The number of nitrogens with one attached hydrogen (secondary N) is 1. The van der Waals surface area contributed by atoms with Crippen LogP contribution in [-0.4, -0.2) is 22.9 Å². The quantitative estimate of drug-likeness (QED) is 0.766. The zero-order valence-corrected chi connectivity index (χ0v) is 9.24. The van der Waals surface area contributed by atoms with Crippen molar-refractivity contribution < 1.29 is 9.90 Å². The van der Waals surface area contributed by atoms with Crippen LogP contribution in [0, 0.1) is 0 Å². The van der Waals surface area contributed by atoms with Crippen molar-refractivity contribution >= 4 is 17.5 Å². The number of halogens is 1. The lowest BCUT2D eigenvalue weighted by atomic mass is 10.0. The van der Waals surface area contributed by atoms with Crippen LogP contribution < -0.4 is 5.32 Å². The van der Waals surface area contributed by atoms with E-state index in [-0.39, 0.29) is 17.8 Å². The summed E-state index contributed by atoms with van der Waals surface area (Å²) in [5.41, 5.74) is 0.778. The zero-order chi connectivity index (χ0) is 11.3. The van der Waals surface area contributed by atoms with E-state index >= 15 is 0 Å². The molecule has 0 aliphatic rings. The van der Waals surface area contributed by atoms with Gasteiger partial charge in [0.15, 0.2) is 0 Å². The van der Waals surface area contributed by atoms with Gasteiger partial charge >= 0.3 is 0 Å². The molecule has 2 atom stereocenters. The number of hydrogen-bond acceptors (Lipinski definition) is 2. The number of rotatable bonds is 4. The summed E-state index contributed by atoms with van der Waals surface area (Å²) in [6.45, 7) is 1.74. The molecule has 1 amide bonds. The van der Waals surface area contributed by atoms with Gasteiger partial charge in [-0.2, -0.15) is 0 Å². The molecular formula is C11H14ClNO2. The topological polar surface area (TPSA) is 49.3 Å². The van der Waals surface area contributed by atoms with Gasteiger partial charge < -0.3 is 10.4 Å². The average Bonchev–Trinajstić information content (AvgIpc) is 2.29. The van der Waals surface area contributed by atoms with Crippen LogP contribution in [0.3, 0.4) is 0 Å². The van der Waals surface area contributed by atoms with Crippen molar-refractivity contribution in [2.75, 3.05) is 5.88 Å². The molecule has 0 radical (unpaired) electrons. The summed E-state index contributed by atoms with van der Waals surface area (Å²) >= 11 is 5.35. The normalized spacial score (nSPS) is 14.3. The summed E-state index contributed by atoms with van der Waals surface area (Å²) in [6, 6.07) is 8.84. The van der Waals surface area contributed by atoms with Crippen LogP contribution in [0.1, 0.15) is 18.6 Å². The molecule has 1 aromatic carbocycles. The summed E-state index contributed by atoms with van der Waals surface area (Å²) in [6.07, 6.45) is -0.710. The van der Waals surface area contributed by atoms with Crippen molar-refractivity contribution in [3.63, 3.8) is 0 Å². The minimum absolute atomic E-state index is 0.0914. The van der Waals surface area contributed by atoms with E-state index in [0.29, 0.717) is 0 Å². The van der Waals surface area contributed by atoms with Gasteiger partial charge in [-0.3, -0.25) is 4.79 Å². The van der Waals surface area contributed by atoms with Gasteiger partial charge in [-0.1, -0.05) is 30.3 Å². The first-order chi connectivity index (χ1) is 7.15. The fraction of sp³-hybridized carbons (Fsp3) is 0.364. The summed E-state index contributed by atoms with van der Waals surface area (Å²) in [4.78, 5) is 11.0. The molecule has 1 rings (SSSR count). The summed E-state index contributed by atoms with van der Waals surface area (Å²) in [5, 5.41) is 12.5. The van der Waals surface area contributed by atoms with Crippen LogP contribution in [0.15, 0.2) is 30.3 Å². The van der Waals surface area contributed by atoms with Gasteiger partial charge in [0.25, 0.3) is 0 Å². The van der Waals surface area contributed by atoms with E-state index in [0.717, 1.165) is 5.56 Å². The average molecular weight is 228 g/mol. The first kappa shape index (κ1) is 12.0. The highest BCUT2D eigenvalue weighted by Gasteiger charge is 2.17. The lowest BCUT2D eigenvalue weighted by Gasteiger charge is -2.20. The number of benzene rings is 1. The van der Waals surface area contributed by atoms with Gasteiger partial charge in [0.1, 0.15) is 5.88 Å². The monoisotopic (exact) mass is 227 g/mol. The zero-order valence-electron chi connectivity index (χ0n) is 8.48. The van der Waals surface area contributed by atoms with Crippen LogP contribution in [0.2, 0.25) is 0 Å². The Morgan fingerprint density at radius 1 is 1.47 bits per heavy atom. The van der Waals surface area contributed by atoms with Gasteiger partial charge in [-0.05, 0) is 12.5 Å². The number of hydrogen-bond donors (Lipinski definition) is 2. The number of amides is 1. The smallest absolute Gasteiger partial charge is 0.235 e. The minimum Gasteiger partial charge on any atom is -0.386 e. The molecule has 0 unspecified atom stereocenters. The van der Waals surface area contributed by atoms with Crippen molar-refractivity contribution in [3.8, 4) is 0 Å². The van der Waals surface area contributed by atoms with Crippen LogP contribution >= 0.6 is 11.6 Å². The molecule has 0 saturated carbocycles. The third-order valence-corrected chi connectivity index (χ3v) is 2.37. The first-order valence-electron chi connectivity index (χ1n) is 4.73. The molecule has 0 fully saturated rings. The molecule has 0 aliphatic carbocycles. The third-order valence-electron chi connectivity index (χ3n) is 2.12. The standard InChI is InChI=1S/C11H14ClNO2/c1-8(13-10(14)7-12)11(15)9-5-3-2-4-6-9/h2-6,8,11,15H,7H2,1H3,(H,13,14)/t8-,11-/m0/s1. The molecule has 4 heteroatoms. The Bertz CT molecular complexity index is 316. The van der Waals surface area contributed by atoms with Crippen molar-refractivity contribution in [1.29, 1.82) is 0 Å². The predicted octanol–water partition coefficient (Wildman–Crippen LogP) is 1.46. The molecule has 3 nitrogen and oxygen atoms in total. The van der Waals surface area contributed by atoms with Gasteiger partial charge in [0.05, 0.1) is 12.1 Å². The second-order valence-electron chi connectivity index (χ2n) is 3.35. The maximum absolute atomic E-state index is 11.0. The predicted molar refractivity (Wildman–Crippen MR) is 59.7 cm³/mol. The number of alkyl halides is 1. The largest absolute Gasteiger partial charge is 0.386 e. The molecular weight excluding hydrogens is 214 g/mol. The number of carbonyl (C=O) groups is 1. The second-order valence-corrected chi connectivity index (χ2v) is 3.61. The van der Waals surface area contributed by atoms with E-state index < -0.39 is 6.10 Å². The van der Waals surface area contributed by atoms with Crippen LogP contribution in [-0.2, 0) is 4.79 Å². The Balaban J connectivity index is 2.61. The van der Waals surface area contributed by atoms with E-state index in [2.05, 4.69) is 5.32 Å². The van der Waals surface area contributed by atoms with E-state index in [9.17, 15) is 9.90 Å². The fourth-order valence-electron chi connectivity index (χ4n) is 1.31. The molecule has 2 N–H and O–H groups in total. The summed E-state index contributed by atoms with van der Waals surface area (Å²) in [7, 11) is 0. The maximum atomic E-state index is 11.0. The Morgan fingerprint density at radius 3 is 2.60 bits per heavy atom. The van der Waals surface area contributed by atoms with E-state index in [1.54, 1.807) is 6.92 Å². The molecule has 1 aromatic rings. The van der Waals surface area contributed by atoms with Gasteiger partial charge in [-0.25, -0.2) is 0 Å². The molecule has 0 spiro atoms. The molecule has 0 saturated heterocycles. The van der Waals surface area contributed by atoms with Crippen LogP contribution in [0.5, 0.6) is 0 Å². The Labute approximate surface area is 94.1 Å². The number of aliphatic hydroxyl groups excluding tert-OH is 1. The van der Waals surface area contributed by atoms with Crippen molar-refractivity contribution in [2.45, 2.75) is 19.1 Å². The maximum Gasteiger partial charge on any atom is 0.235 e. The van der Waals surface area contributed by atoms with Crippen LogP contribution in [0.25, 0.3) is 0 Å². The van der Waals surface area contributed by atoms with Crippen molar-refractivity contribution in [2.24, 2.45) is 0 Å². The fourth-order valence-corrected chi connectivity index (χ4v) is 1.39. The van der Waals surface area contributed by atoms with Crippen LogP contribution in [0.4, 0.5) is 0 Å². The molecule has 82 valence electrons. The highest BCUT2D eigenvalue weighted by Crippen LogP contribution is 2.15. The van der Waals surface area contributed by atoms with E-state index in [1.165, 1.54) is 0 Å². The molecule has 0 heterocycles. The SMILES string of the molecule is C[C@H](NC(=O)CCl)[C@H](O)c1ccccc1. The van der Waals surface area contributed by atoms with Crippen molar-refractivity contribution in [3.05, 3.63) is 35.9 Å². The molecule has 0 aliphatic heterocycles. The summed E-state index contributed by atoms with van der Waals surface area (Å²) in [5.74, 6) is -0.370. The number of carbonyl (C=O) groups excluding carboxylic acids is 1. The Morgan fingerprint density at radius 2 is 2.07 bits per heavy atom. The van der Waals surface area contributed by atoms with E-state index in [1.807, 2.05) is 30.3 Å². The third kappa shape index (κ3) is 3.53. The summed E-state index contributed by atoms with van der Waals surface area (Å²) < 4.78 is 0. The first-order valence-corrected chi connectivity index (χ1v) is 5.27. The van der Waals surface area contributed by atoms with Gasteiger partial charge in [0.2, 0.25) is 5.91 Å². The molecule has 0 bridgehead atoms. The number of aliphatic hydroxyl groups is 1. The Hall–Kier alpha value is -1.06. The highest BCUT2D eigenvalue weighted by molar-refractivity contribution is 6.27. The Kier molecular flexibility index (Phi) is 4.59. The highest BCUT2D eigenvalue weighted by atomic mass is 35.5. The minimum atomic E-state index is -0.710.